The summed E-state index contributed by atoms with van der Waals surface area (Å²) in [6.07, 6.45) is 0. The number of aromatic nitrogens is 2. The zero-order valence-corrected chi connectivity index (χ0v) is 15.5. The number of carbonyl (C=O) groups is 1. The maximum absolute atomic E-state index is 12.8. The highest BCUT2D eigenvalue weighted by molar-refractivity contribution is 7.90. The Balaban J connectivity index is 1.71. The first-order valence-electron chi connectivity index (χ1n) is 8.17. The van der Waals surface area contributed by atoms with E-state index in [2.05, 4.69) is 10.4 Å². The molecular formula is C17H19N3O5S. The SMILES string of the molecule is CC(C)(C)n1nc2c(c1NC(=O)c1ccc3c(c1)OCO3)CS(=O)(=O)C2. The highest BCUT2D eigenvalue weighted by Gasteiger charge is 2.35. The summed E-state index contributed by atoms with van der Waals surface area (Å²) in [7, 11) is -3.22. The highest BCUT2D eigenvalue weighted by atomic mass is 32.2. The van der Waals surface area contributed by atoms with Crippen molar-refractivity contribution in [2.45, 2.75) is 37.8 Å². The third-order valence-electron chi connectivity index (χ3n) is 4.29. The van der Waals surface area contributed by atoms with E-state index in [1.54, 1.807) is 22.9 Å². The van der Waals surface area contributed by atoms with Crippen LogP contribution in [0.1, 0.15) is 42.4 Å². The Morgan fingerprint density at radius 1 is 1.19 bits per heavy atom. The third-order valence-corrected chi connectivity index (χ3v) is 5.73. The molecule has 1 aromatic heterocycles. The second-order valence-corrected chi connectivity index (χ2v) is 9.48. The molecule has 0 aliphatic carbocycles. The van der Waals surface area contributed by atoms with Crippen molar-refractivity contribution < 1.29 is 22.7 Å². The van der Waals surface area contributed by atoms with E-state index in [4.69, 9.17) is 9.47 Å². The molecule has 0 fully saturated rings. The highest BCUT2D eigenvalue weighted by Crippen LogP contribution is 2.36. The number of hydrogen-bond acceptors (Lipinski definition) is 6. The molecule has 138 valence electrons. The number of nitrogens with one attached hydrogen (secondary N) is 1. The number of carbonyl (C=O) groups excluding carboxylic acids is 1. The van der Waals surface area contributed by atoms with Crippen molar-refractivity contribution in [3.05, 3.63) is 35.0 Å². The predicted octanol–water partition coefficient (Wildman–Crippen LogP) is 2.05. The zero-order valence-electron chi connectivity index (χ0n) is 14.7. The Kier molecular flexibility index (Phi) is 3.56. The summed E-state index contributed by atoms with van der Waals surface area (Å²) >= 11 is 0. The van der Waals surface area contributed by atoms with Gasteiger partial charge in [0.05, 0.1) is 22.7 Å². The number of rotatable bonds is 2. The fourth-order valence-corrected chi connectivity index (χ4v) is 4.57. The molecule has 1 N–H and O–H groups in total. The van der Waals surface area contributed by atoms with Crippen LogP contribution in [0.2, 0.25) is 0 Å². The van der Waals surface area contributed by atoms with Gasteiger partial charge in [-0.25, -0.2) is 13.1 Å². The molecule has 8 nitrogen and oxygen atoms in total. The zero-order chi connectivity index (χ0) is 18.7. The van der Waals surface area contributed by atoms with Gasteiger partial charge in [-0.1, -0.05) is 0 Å². The summed E-state index contributed by atoms with van der Waals surface area (Å²) in [5.74, 6) is 0.952. The number of fused-ring (bicyclic) bond motifs is 2. The van der Waals surface area contributed by atoms with Crippen LogP contribution in [0.5, 0.6) is 11.5 Å². The van der Waals surface area contributed by atoms with Gasteiger partial charge in [0.2, 0.25) is 6.79 Å². The molecule has 2 aromatic rings. The van der Waals surface area contributed by atoms with E-state index in [-0.39, 0.29) is 24.2 Å². The average molecular weight is 377 g/mol. The van der Waals surface area contributed by atoms with Crippen molar-refractivity contribution in [1.29, 1.82) is 0 Å². The minimum Gasteiger partial charge on any atom is -0.454 e. The molecular weight excluding hydrogens is 358 g/mol. The number of ether oxygens (including phenoxy) is 2. The molecule has 1 aromatic carbocycles. The minimum absolute atomic E-state index is 0.0989. The van der Waals surface area contributed by atoms with Crippen LogP contribution in [-0.2, 0) is 26.9 Å². The summed E-state index contributed by atoms with van der Waals surface area (Å²) in [5.41, 5.74) is 1.05. The van der Waals surface area contributed by atoms with Gasteiger partial charge in [0, 0.05) is 11.1 Å². The summed E-state index contributed by atoms with van der Waals surface area (Å²) in [5, 5.41) is 7.28. The van der Waals surface area contributed by atoms with Crippen molar-refractivity contribution >= 4 is 21.6 Å². The lowest BCUT2D eigenvalue weighted by Gasteiger charge is -2.23. The Morgan fingerprint density at radius 2 is 1.92 bits per heavy atom. The Labute approximate surface area is 151 Å². The van der Waals surface area contributed by atoms with Crippen LogP contribution in [-0.4, -0.2) is 30.9 Å². The topological polar surface area (TPSA) is 99.5 Å². The van der Waals surface area contributed by atoms with Crippen molar-refractivity contribution in [3.63, 3.8) is 0 Å². The van der Waals surface area contributed by atoms with Crippen LogP contribution in [0.15, 0.2) is 18.2 Å². The van der Waals surface area contributed by atoms with Crippen LogP contribution in [0.4, 0.5) is 5.82 Å². The molecule has 1 amide bonds. The fourth-order valence-electron chi connectivity index (χ4n) is 3.07. The van der Waals surface area contributed by atoms with E-state index in [1.165, 1.54) is 0 Å². The average Bonchev–Trinajstić information content (AvgIpc) is 3.19. The largest absolute Gasteiger partial charge is 0.454 e. The standard InChI is InChI=1S/C17H19N3O5S/c1-17(2,3)20-15(11-7-26(22,23)8-12(11)19-20)18-16(21)10-4-5-13-14(6-10)25-9-24-13/h4-6H,7-9H2,1-3H3,(H,18,21). The molecule has 0 atom stereocenters. The Bertz CT molecular complexity index is 1020. The lowest BCUT2D eigenvalue weighted by Crippen LogP contribution is -2.27. The van der Waals surface area contributed by atoms with Gasteiger partial charge >= 0.3 is 0 Å². The van der Waals surface area contributed by atoms with E-state index < -0.39 is 15.4 Å². The number of anilines is 1. The molecule has 0 unspecified atom stereocenters. The molecule has 0 radical (unpaired) electrons. The van der Waals surface area contributed by atoms with E-state index in [0.29, 0.717) is 34.1 Å². The summed E-state index contributed by atoms with van der Waals surface area (Å²) < 4.78 is 36.1. The Morgan fingerprint density at radius 3 is 2.65 bits per heavy atom. The maximum atomic E-state index is 12.8. The number of hydrogen-bond donors (Lipinski definition) is 1. The first-order chi connectivity index (χ1) is 12.1. The summed E-state index contributed by atoms with van der Waals surface area (Å²) in [6.45, 7) is 5.96. The maximum Gasteiger partial charge on any atom is 0.256 e. The molecule has 2 aliphatic rings. The lowest BCUT2D eigenvalue weighted by molar-refractivity contribution is 0.102. The molecule has 26 heavy (non-hydrogen) atoms. The molecule has 9 heteroatoms. The van der Waals surface area contributed by atoms with E-state index >= 15 is 0 Å². The van der Waals surface area contributed by atoms with E-state index in [9.17, 15) is 13.2 Å². The normalized spacial score (nSPS) is 17.2. The van der Waals surface area contributed by atoms with Gasteiger partial charge in [-0.3, -0.25) is 4.79 Å². The third kappa shape index (κ3) is 2.82. The molecule has 0 saturated heterocycles. The minimum atomic E-state index is -3.22. The van der Waals surface area contributed by atoms with Crippen molar-refractivity contribution in [2.75, 3.05) is 12.1 Å². The second-order valence-electron chi connectivity index (χ2n) is 7.41. The van der Waals surface area contributed by atoms with Gasteiger partial charge < -0.3 is 14.8 Å². The summed E-state index contributed by atoms with van der Waals surface area (Å²) in [4.78, 5) is 12.8. The molecule has 0 bridgehead atoms. The van der Waals surface area contributed by atoms with Crippen LogP contribution >= 0.6 is 0 Å². The monoisotopic (exact) mass is 377 g/mol. The smallest absolute Gasteiger partial charge is 0.256 e. The van der Waals surface area contributed by atoms with Crippen LogP contribution in [0.25, 0.3) is 0 Å². The molecule has 2 aliphatic heterocycles. The van der Waals surface area contributed by atoms with Crippen LogP contribution in [0, 0.1) is 0 Å². The van der Waals surface area contributed by atoms with Gasteiger partial charge in [-0.2, -0.15) is 5.10 Å². The molecule has 0 saturated carbocycles. The van der Waals surface area contributed by atoms with Gasteiger partial charge in [-0.05, 0) is 39.0 Å². The van der Waals surface area contributed by atoms with Gasteiger partial charge in [0.15, 0.2) is 21.3 Å². The second kappa shape index (κ2) is 5.47. The van der Waals surface area contributed by atoms with Crippen LogP contribution in [0.3, 0.4) is 0 Å². The van der Waals surface area contributed by atoms with E-state index in [0.717, 1.165) is 0 Å². The summed E-state index contributed by atoms with van der Waals surface area (Å²) in [6, 6.07) is 4.91. The predicted molar refractivity (Wildman–Crippen MR) is 94.1 cm³/mol. The van der Waals surface area contributed by atoms with Crippen molar-refractivity contribution in [1.82, 2.24) is 9.78 Å². The first kappa shape index (κ1) is 16.9. The van der Waals surface area contributed by atoms with Crippen molar-refractivity contribution in [3.8, 4) is 11.5 Å². The van der Waals surface area contributed by atoms with Crippen molar-refractivity contribution in [2.24, 2.45) is 0 Å². The first-order valence-corrected chi connectivity index (χ1v) is 9.99. The number of sulfone groups is 1. The Hall–Kier alpha value is -2.55. The van der Waals surface area contributed by atoms with Gasteiger partial charge in [-0.15, -0.1) is 0 Å². The molecule has 3 heterocycles. The van der Waals surface area contributed by atoms with Crippen LogP contribution < -0.4 is 14.8 Å². The number of benzene rings is 1. The van der Waals surface area contributed by atoms with Gasteiger partial charge in [0.1, 0.15) is 5.82 Å². The lowest BCUT2D eigenvalue weighted by atomic mass is 10.1. The quantitative estimate of drug-likeness (QED) is 0.860. The fraction of sp³-hybridized carbons (Fsp3) is 0.412. The van der Waals surface area contributed by atoms with Gasteiger partial charge in [0.25, 0.3) is 5.91 Å². The molecule has 0 spiro atoms. The number of nitrogens with zero attached hydrogens (tertiary/aromatic N) is 2. The number of amides is 1. The van der Waals surface area contributed by atoms with E-state index in [1.807, 2.05) is 20.8 Å². The molecule has 4 rings (SSSR count).